The van der Waals surface area contributed by atoms with Crippen molar-refractivity contribution in [3.05, 3.63) is 71.0 Å². The molecule has 2 aromatic carbocycles. The zero-order chi connectivity index (χ0) is 17.6. The van der Waals surface area contributed by atoms with Crippen LogP contribution >= 0.6 is 0 Å². The van der Waals surface area contributed by atoms with E-state index < -0.39 is 9.84 Å². The Hall–Kier alpha value is -2.21. The quantitative estimate of drug-likeness (QED) is 0.782. The number of rotatable bonds is 7. The number of carbonyl (C=O) groups is 1. The highest BCUT2D eigenvalue weighted by Gasteiger charge is 2.12. The Morgan fingerprint density at radius 3 is 2.50 bits per heavy atom. The van der Waals surface area contributed by atoms with E-state index in [1.165, 1.54) is 18.2 Å². The second-order valence-corrected chi connectivity index (χ2v) is 7.84. The van der Waals surface area contributed by atoms with Crippen molar-refractivity contribution in [1.29, 1.82) is 0 Å². The van der Waals surface area contributed by atoms with Gasteiger partial charge in [-0.25, -0.2) is 12.8 Å². The van der Waals surface area contributed by atoms with Gasteiger partial charge in [-0.3, -0.25) is 4.79 Å². The number of sulfone groups is 1. The Labute approximate surface area is 141 Å². The van der Waals surface area contributed by atoms with Gasteiger partial charge >= 0.3 is 0 Å². The van der Waals surface area contributed by atoms with Crippen LogP contribution in [0.5, 0.6) is 0 Å². The first-order valence-corrected chi connectivity index (χ1v) is 9.48. The number of carbonyl (C=O) groups excluding carboxylic acids is 1. The molecule has 0 aliphatic carbocycles. The summed E-state index contributed by atoms with van der Waals surface area (Å²) in [6.45, 7) is 1.84. The SMILES string of the molecule is Cc1cc(C(=O)NCCCS(=O)(=O)Cc2ccccc2)ccc1F. The van der Waals surface area contributed by atoms with Crippen LogP contribution in [0.4, 0.5) is 4.39 Å². The van der Waals surface area contributed by atoms with Gasteiger partial charge in [-0.15, -0.1) is 0 Å². The molecule has 0 aliphatic rings. The highest BCUT2D eigenvalue weighted by molar-refractivity contribution is 7.90. The van der Waals surface area contributed by atoms with Gasteiger partial charge in [0.2, 0.25) is 0 Å². The van der Waals surface area contributed by atoms with Crippen LogP contribution in [0.25, 0.3) is 0 Å². The summed E-state index contributed by atoms with van der Waals surface area (Å²) in [7, 11) is -3.21. The largest absolute Gasteiger partial charge is 0.352 e. The number of hydrogen-bond donors (Lipinski definition) is 1. The second kappa shape index (κ2) is 8.06. The molecule has 0 spiro atoms. The van der Waals surface area contributed by atoms with Crippen molar-refractivity contribution >= 4 is 15.7 Å². The molecule has 0 fully saturated rings. The third kappa shape index (κ3) is 5.45. The lowest BCUT2D eigenvalue weighted by molar-refractivity contribution is 0.0953. The first kappa shape index (κ1) is 18.1. The van der Waals surface area contributed by atoms with Crippen molar-refractivity contribution in [2.45, 2.75) is 19.1 Å². The Morgan fingerprint density at radius 1 is 1.12 bits per heavy atom. The number of benzene rings is 2. The molecule has 0 bridgehead atoms. The Bertz CT molecular complexity index is 804. The molecule has 1 amide bonds. The lowest BCUT2D eigenvalue weighted by Gasteiger charge is -2.07. The van der Waals surface area contributed by atoms with Gasteiger partial charge in [-0.05, 0) is 42.7 Å². The molecule has 0 unspecified atom stereocenters. The molecule has 6 heteroatoms. The zero-order valence-electron chi connectivity index (χ0n) is 13.5. The minimum Gasteiger partial charge on any atom is -0.352 e. The average molecular weight is 349 g/mol. The molecule has 0 saturated carbocycles. The summed E-state index contributed by atoms with van der Waals surface area (Å²) in [5, 5.41) is 2.66. The molecule has 0 aromatic heterocycles. The van der Waals surface area contributed by atoms with Gasteiger partial charge in [0.25, 0.3) is 5.91 Å². The Kier molecular flexibility index (Phi) is 6.09. The normalized spacial score (nSPS) is 11.2. The lowest BCUT2D eigenvalue weighted by Crippen LogP contribution is -2.26. The number of aryl methyl sites for hydroxylation is 1. The van der Waals surface area contributed by atoms with E-state index in [0.29, 0.717) is 17.5 Å². The predicted molar refractivity (Wildman–Crippen MR) is 92.0 cm³/mol. The molecule has 0 atom stereocenters. The van der Waals surface area contributed by atoms with Crippen molar-refractivity contribution in [3.63, 3.8) is 0 Å². The van der Waals surface area contributed by atoms with Crippen molar-refractivity contribution in [2.24, 2.45) is 0 Å². The van der Waals surface area contributed by atoms with Crippen LogP contribution in [0, 0.1) is 12.7 Å². The summed E-state index contributed by atoms with van der Waals surface area (Å²) in [5.74, 6) is -0.694. The molecule has 0 heterocycles. The maximum Gasteiger partial charge on any atom is 0.251 e. The Morgan fingerprint density at radius 2 is 1.83 bits per heavy atom. The van der Waals surface area contributed by atoms with E-state index in [2.05, 4.69) is 5.32 Å². The maximum atomic E-state index is 13.2. The third-order valence-electron chi connectivity index (χ3n) is 3.57. The van der Waals surface area contributed by atoms with Gasteiger partial charge in [-0.2, -0.15) is 0 Å². The van der Waals surface area contributed by atoms with E-state index in [1.807, 2.05) is 6.07 Å². The van der Waals surface area contributed by atoms with Gasteiger partial charge in [0.1, 0.15) is 5.82 Å². The summed E-state index contributed by atoms with van der Waals surface area (Å²) in [4.78, 5) is 11.9. The van der Waals surface area contributed by atoms with Crippen molar-refractivity contribution in [3.8, 4) is 0 Å². The molecule has 2 aromatic rings. The van der Waals surface area contributed by atoms with Crippen LogP contribution in [0.3, 0.4) is 0 Å². The van der Waals surface area contributed by atoms with Gasteiger partial charge in [-0.1, -0.05) is 30.3 Å². The molecule has 128 valence electrons. The van der Waals surface area contributed by atoms with Crippen molar-refractivity contribution in [1.82, 2.24) is 5.32 Å². The van der Waals surface area contributed by atoms with Crippen LogP contribution in [-0.2, 0) is 15.6 Å². The van der Waals surface area contributed by atoms with Crippen LogP contribution < -0.4 is 5.32 Å². The first-order valence-electron chi connectivity index (χ1n) is 7.66. The minimum absolute atomic E-state index is 0.00105. The van der Waals surface area contributed by atoms with Crippen LogP contribution in [0.2, 0.25) is 0 Å². The van der Waals surface area contributed by atoms with Crippen molar-refractivity contribution < 1.29 is 17.6 Å². The van der Waals surface area contributed by atoms with Crippen LogP contribution in [0.15, 0.2) is 48.5 Å². The molecule has 0 aliphatic heterocycles. The van der Waals surface area contributed by atoms with Gasteiger partial charge in [0, 0.05) is 12.1 Å². The monoisotopic (exact) mass is 349 g/mol. The number of halogens is 1. The summed E-state index contributed by atoms with van der Waals surface area (Å²) in [6, 6.07) is 13.1. The Balaban J connectivity index is 1.79. The highest BCUT2D eigenvalue weighted by atomic mass is 32.2. The standard InChI is InChI=1S/C18H20FNO3S/c1-14-12-16(8-9-17(14)19)18(21)20-10-5-11-24(22,23)13-15-6-3-2-4-7-15/h2-4,6-9,12H,5,10-11,13H2,1H3,(H,20,21). The van der Waals surface area contributed by atoms with E-state index in [0.717, 1.165) is 5.56 Å². The van der Waals surface area contributed by atoms with E-state index in [9.17, 15) is 17.6 Å². The van der Waals surface area contributed by atoms with E-state index in [1.54, 1.807) is 31.2 Å². The fourth-order valence-electron chi connectivity index (χ4n) is 2.28. The van der Waals surface area contributed by atoms with Gasteiger partial charge in [0.05, 0.1) is 11.5 Å². The molecule has 4 nitrogen and oxygen atoms in total. The molecule has 24 heavy (non-hydrogen) atoms. The van der Waals surface area contributed by atoms with Gasteiger partial charge in [0.15, 0.2) is 9.84 Å². The van der Waals surface area contributed by atoms with E-state index >= 15 is 0 Å². The third-order valence-corrected chi connectivity index (χ3v) is 5.25. The van der Waals surface area contributed by atoms with E-state index in [-0.39, 0.29) is 29.8 Å². The topological polar surface area (TPSA) is 63.2 Å². The smallest absolute Gasteiger partial charge is 0.251 e. The second-order valence-electron chi connectivity index (χ2n) is 5.65. The fourth-order valence-corrected chi connectivity index (χ4v) is 3.71. The molecular formula is C18H20FNO3S. The average Bonchev–Trinajstić information content (AvgIpc) is 2.54. The molecule has 0 radical (unpaired) electrons. The van der Waals surface area contributed by atoms with Crippen molar-refractivity contribution in [2.75, 3.05) is 12.3 Å². The summed E-state index contributed by atoms with van der Waals surface area (Å²) in [6.07, 6.45) is 0.334. The summed E-state index contributed by atoms with van der Waals surface area (Å²) >= 11 is 0. The lowest BCUT2D eigenvalue weighted by atomic mass is 10.1. The van der Waals surface area contributed by atoms with Crippen LogP contribution in [-0.4, -0.2) is 26.6 Å². The summed E-state index contributed by atoms with van der Waals surface area (Å²) in [5.41, 5.74) is 1.51. The highest BCUT2D eigenvalue weighted by Crippen LogP contribution is 2.09. The molecular weight excluding hydrogens is 329 g/mol. The minimum atomic E-state index is -3.21. The number of nitrogens with one attached hydrogen (secondary N) is 1. The molecule has 1 N–H and O–H groups in total. The number of amides is 1. The number of hydrogen-bond acceptors (Lipinski definition) is 3. The van der Waals surface area contributed by atoms with E-state index in [4.69, 9.17) is 0 Å². The molecule has 2 rings (SSSR count). The zero-order valence-corrected chi connectivity index (χ0v) is 14.3. The summed E-state index contributed by atoms with van der Waals surface area (Å²) < 4.78 is 37.3. The molecule has 0 saturated heterocycles. The first-order chi connectivity index (χ1) is 11.4. The predicted octanol–water partition coefficient (Wildman–Crippen LogP) is 2.87. The van der Waals surface area contributed by atoms with Gasteiger partial charge < -0.3 is 5.32 Å². The fraction of sp³-hybridized carbons (Fsp3) is 0.278. The maximum absolute atomic E-state index is 13.2. The van der Waals surface area contributed by atoms with Crippen LogP contribution in [0.1, 0.15) is 27.9 Å².